The summed E-state index contributed by atoms with van der Waals surface area (Å²) < 4.78 is 0. The molecular weight excluding hydrogens is 434 g/mol. The first-order chi connectivity index (χ1) is 15.0. The van der Waals surface area contributed by atoms with Gasteiger partial charge in [-0.3, -0.25) is 14.4 Å². The monoisotopic (exact) mass is 475 g/mol. The summed E-state index contributed by atoms with van der Waals surface area (Å²) in [5, 5.41) is 17.2. The smallest absolute Gasteiger partial charge is 0.326 e. The van der Waals surface area contributed by atoms with Gasteiger partial charge in [-0.05, 0) is 56.1 Å². The van der Waals surface area contributed by atoms with Gasteiger partial charge in [-0.15, -0.1) is 0 Å². The van der Waals surface area contributed by atoms with Crippen molar-refractivity contribution in [2.45, 2.75) is 77.5 Å². The zero-order chi connectivity index (χ0) is 24.8. The van der Waals surface area contributed by atoms with Crippen LogP contribution in [0.5, 0.6) is 0 Å². The number of carboxylic acids is 1. The number of carbonyl (C=O) groups is 4. The fraction of sp³-hybridized carbons (Fsp3) is 0.810. The predicted octanol–water partition coefficient (Wildman–Crippen LogP) is 0.0468. The molecule has 0 aliphatic heterocycles. The van der Waals surface area contributed by atoms with Crippen molar-refractivity contribution in [3.05, 3.63) is 0 Å². The molecule has 0 aliphatic rings. The van der Waals surface area contributed by atoms with Crippen LogP contribution >= 0.6 is 11.8 Å². The molecule has 0 aliphatic carbocycles. The Morgan fingerprint density at radius 1 is 0.844 bits per heavy atom. The number of amides is 3. The first-order valence-corrected chi connectivity index (χ1v) is 12.4. The second-order valence-electron chi connectivity index (χ2n) is 8.53. The number of hydrogen-bond acceptors (Lipinski definition) is 7. The van der Waals surface area contributed by atoms with Gasteiger partial charge < -0.3 is 32.5 Å². The fourth-order valence-electron chi connectivity index (χ4n) is 2.96. The minimum absolute atomic E-state index is 0.248. The molecule has 0 aromatic rings. The number of nitrogens with two attached hydrogens (primary N) is 2. The van der Waals surface area contributed by atoms with Gasteiger partial charge in [0.05, 0.1) is 6.04 Å². The van der Waals surface area contributed by atoms with E-state index in [9.17, 15) is 24.3 Å². The zero-order valence-electron chi connectivity index (χ0n) is 19.8. The molecule has 186 valence electrons. The highest BCUT2D eigenvalue weighted by atomic mass is 32.2. The molecule has 32 heavy (non-hydrogen) atoms. The van der Waals surface area contributed by atoms with E-state index in [1.165, 1.54) is 0 Å². The quantitative estimate of drug-likeness (QED) is 0.170. The maximum atomic E-state index is 13.0. The summed E-state index contributed by atoms with van der Waals surface area (Å²) in [6, 6.07) is -3.64. The van der Waals surface area contributed by atoms with Crippen LogP contribution in [0.3, 0.4) is 0 Å². The SMILES string of the molecule is CSCCC(N)C(=O)NC(C(=O)NC(CCCCN)C(=O)NC(C(=O)O)C(C)C)C(C)C. The van der Waals surface area contributed by atoms with Gasteiger partial charge in [-0.1, -0.05) is 27.7 Å². The van der Waals surface area contributed by atoms with E-state index in [2.05, 4.69) is 16.0 Å². The lowest BCUT2D eigenvalue weighted by atomic mass is 10.00. The molecule has 0 aromatic carbocycles. The fourth-order valence-corrected chi connectivity index (χ4v) is 3.45. The summed E-state index contributed by atoms with van der Waals surface area (Å²) in [7, 11) is 0. The van der Waals surface area contributed by atoms with Crippen LogP contribution in [0, 0.1) is 11.8 Å². The lowest BCUT2D eigenvalue weighted by Gasteiger charge is -2.27. The van der Waals surface area contributed by atoms with Gasteiger partial charge >= 0.3 is 5.97 Å². The number of hydrogen-bond donors (Lipinski definition) is 6. The van der Waals surface area contributed by atoms with Crippen molar-refractivity contribution in [1.82, 2.24) is 16.0 Å². The molecule has 3 amide bonds. The predicted molar refractivity (Wildman–Crippen MR) is 127 cm³/mol. The first-order valence-electron chi connectivity index (χ1n) is 11.0. The van der Waals surface area contributed by atoms with E-state index in [0.717, 1.165) is 5.75 Å². The number of unbranched alkanes of at least 4 members (excludes halogenated alkanes) is 1. The van der Waals surface area contributed by atoms with Crippen molar-refractivity contribution < 1.29 is 24.3 Å². The molecule has 4 atom stereocenters. The second kappa shape index (κ2) is 15.9. The van der Waals surface area contributed by atoms with Crippen molar-refractivity contribution in [2.24, 2.45) is 23.3 Å². The molecule has 0 bridgehead atoms. The van der Waals surface area contributed by atoms with Gasteiger partial charge in [0.25, 0.3) is 0 Å². The maximum absolute atomic E-state index is 13.0. The van der Waals surface area contributed by atoms with Crippen molar-refractivity contribution in [1.29, 1.82) is 0 Å². The third kappa shape index (κ3) is 11.1. The van der Waals surface area contributed by atoms with E-state index in [4.69, 9.17) is 11.5 Å². The van der Waals surface area contributed by atoms with Crippen molar-refractivity contribution in [2.75, 3.05) is 18.6 Å². The summed E-state index contributed by atoms with van der Waals surface area (Å²) in [4.78, 5) is 49.6. The van der Waals surface area contributed by atoms with Crippen LogP contribution in [-0.4, -0.2) is 71.5 Å². The van der Waals surface area contributed by atoms with Gasteiger partial charge in [0.2, 0.25) is 17.7 Å². The van der Waals surface area contributed by atoms with Crippen molar-refractivity contribution >= 4 is 35.5 Å². The molecule has 0 fully saturated rings. The Bertz CT molecular complexity index is 617. The third-order valence-corrected chi connectivity index (χ3v) is 5.67. The molecule has 0 saturated heterocycles. The highest BCUT2D eigenvalue weighted by molar-refractivity contribution is 7.98. The normalized spacial score (nSPS) is 15.0. The molecular formula is C21H41N5O5S. The van der Waals surface area contributed by atoms with Crippen LogP contribution in [0.4, 0.5) is 0 Å². The summed E-state index contributed by atoms with van der Waals surface area (Å²) in [6.07, 6.45) is 3.92. The lowest BCUT2D eigenvalue weighted by molar-refractivity contribution is -0.143. The van der Waals surface area contributed by atoms with Gasteiger partial charge in [0.1, 0.15) is 18.1 Å². The average Bonchev–Trinajstić information content (AvgIpc) is 2.71. The summed E-state index contributed by atoms with van der Waals surface area (Å²) in [6.45, 7) is 7.36. The third-order valence-electron chi connectivity index (χ3n) is 5.03. The molecule has 0 heterocycles. The Labute approximate surface area is 195 Å². The topological polar surface area (TPSA) is 177 Å². The van der Waals surface area contributed by atoms with Gasteiger partial charge in [-0.25, -0.2) is 4.79 Å². The van der Waals surface area contributed by atoms with Crippen LogP contribution in [0.15, 0.2) is 0 Å². The van der Waals surface area contributed by atoms with E-state index in [1.54, 1.807) is 39.5 Å². The number of aliphatic carboxylic acids is 1. The Kier molecular flexibility index (Phi) is 15.0. The molecule has 0 radical (unpaired) electrons. The van der Waals surface area contributed by atoms with Crippen LogP contribution in [0.2, 0.25) is 0 Å². The van der Waals surface area contributed by atoms with Crippen LogP contribution < -0.4 is 27.4 Å². The van der Waals surface area contributed by atoms with E-state index in [-0.39, 0.29) is 11.8 Å². The largest absolute Gasteiger partial charge is 0.480 e. The molecule has 11 heteroatoms. The van der Waals surface area contributed by atoms with Gasteiger partial charge in [0, 0.05) is 0 Å². The summed E-state index contributed by atoms with van der Waals surface area (Å²) in [5.41, 5.74) is 11.4. The molecule has 0 aromatic heterocycles. The number of rotatable bonds is 16. The van der Waals surface area contributed by atoms with Crippen molar-refractivity contribution in [3.63, 3.8) is 0 Å². The maximum Gasteiger partial charge on any atom is 0.326 e. The highest BCUT2D eigenvalue weighted by Crippen LogP contribution is 2.09. The molecule has 4 unspecified atom stereocenters. The number of carbonyl (C=O) groups excluding carboxylic acids is 3. The minimum atomic E-state index is -1.15. The second-order valence-corrected chi connectivity index (χ2v) is 9.52. The highest BCUT2D eigenvalue weighted by Gasteiger charge is 2.32. The number of nitrogens with one attached hydrogen (secondary N) is 3. The minimum Gasteiger partial charge on any atom is -0.480 e. The van der Waals surface area contributed by atoms with E-state index in [0.29, 0.717) is 32.2 Å². The molecule has 8 N–H and O–H groups in total. The van der Waals surface area contributed by atoms with Crippen LogP contribution in [0.1, 0.15) is 53.4 Å². The Balaban J connectivity index is 5.37. The summed E-state index contributed by atoms with van der Waals surface area (Å²) >= 11 is 1.57. The van der Waals surface area contributed by atoms with Crippen LogP contribution in [-0.2, 0) is 19.2 Å². The number of carboxylic acid groups (broad SMARTS) is 1. The molecule has 0 saturated carbocycles. The van der Waals surface area contributed by atoms with E-state index >= 15 is 0 Å². The van der Waals surface area contributed by atoms with Crippen molar-refractivity contribution in [3.8, 4) is 0 Å². The lowest BCUT2D eigenvalue weighted by Crippen LogP contribution is -2.58. The standard InChI is InChI=1S/C21H41N5O5S/c1-12(2)16(25-18(27)14(23)9-11-32-5)20(29)24-15(8-6-7-10-22)19(28)26-17(13(3)4)21(30)31/h12-17H,6-11,22-23H2,1-5H3,(H,24,29)(H,25,27)(H,26,28)(H,30,31). The van der Waals surface area contributed by atoms with E-state index < -0.39 is 47.9 Å². The Hall–Kier alpha value is -1.85. The average molecular weight is 476 g/mol. The summed E-state index contributed by atoms with van der Waals surface area (Å²) in [5.74, 6) is -2.53. The zero-order valence-corrected chi connectivity index (χ0v) is 20.7. The Morgan fingerprint density at radius 2 is 1.41 bits per heavy atom. The Morgan fingerprint density at radius 3 is 1.88 bits per heavy atom. The first kappa shape index (κ1) is 30.1. The van der Waals surface area contributed by atoms with E-state index in [1.807, 2.05) is 6.26 Å². The molecule has 0 rings (SSSR count). The number of thioether (sulfide) groups is 1. The molecule has 10 nitrogen and oxygen atoms in total. The molecule has 0 spiro atoms. The van der Waals surface area contributed by atoms with Gasteiger partial charge in [0.15, 0.2) is 0 Å². The van der Waals surface area contributed by atoms with Crippen LogP contribution in [0.25, 0.3) is 0 Å². The van der Waals surface area contributed by atoms with Gasteiger partial charge in [-0.2, -0.15) is 11.8 Å².